The van der Waals surface area contributed by atoms with Crippen LogP contribution in [0.5, 0.6) is 0 Å². The second kappa shape index (κ2) is 6.70. The molecule has 0 aliphatic heterocycles. The molecular formula is C26H36N2O. The standard InChI is InChI=1S/C20H23NO.C6H13N/c1-2-15-13-8-18(17(21)22)11-19(14-6-4-3-5-7-14)10-16(15)20(19,9-13)12-18;7-6-4-2-1-3-5-6/h2-7,13,16H,8-12H2,1H3,(H2,21,22);6H,1-5,7H2/b15-2-;. The molecule has 3 nitrogen and oxygen atoms in total. The van der Waals surface area contributed by atoms with Gasteiger partial charge in [0.25, 0.3) is 0 Å². The van der Waals surface area contributed by atoms with E-state index < -0.39 is 0 Å². The molecule has 0 radical (unpaired) electrons. The van der Waals surface area contributed by atoms with Gasteiger partial charge in [0.05, 0.1) is 5.41 Å². The van der Waals surface area contributed by atoms with Gasteiger partial charge in [0.1, 0.15) is 0 Å². The predicted octanol–water partition coefficient (Wildman–Crippen LogP) is 4.84. The summed E-state index contributed by atoms with van der Waals surface area (Å²) in [5, 5.41) is 0. The number of benzene rings is 1. The third-order valence-electron chi connectivity index (χ3n) is 9.42. The summed E-state index contributed by atoms with van der Waals surface area (Å²) in [6, 6.07) is 11.5. The number of primary amides is 1. The second-order valence-electron chi connectivity index (χ2n) is 10.7. The molecule has 3 bridgehead atoms. The van der Waals surface area contributed by atoms with E-state index >= 15 is 0 Å². The first-order chi connectivity index (χ1) is 14.0. The van der Waals surface area contributed by atoms with E-state index in [9.17, 15) is 4.79 Å². The van der Waals surface area contributed by atoms with Gasteiger partial charge in [-0.2, -0.15) is 0 Å². The van der Waals surface area contributed by atoms with Crippen molar-refractivity contribution in [1.82, 2.24) is 0 Å². The molecule has 1 amide bonds. The summed E-state index contributed by atoms with van der Waals surface area (Å²) in [5.41, 5.74) is 14.9. The lowest BCUT2D eigenvalue weighted by molar-refractivity contribution is -0.129. The van der Waals surface area contributed by atoms with Crippen molar-refractivity contribution >= 4 is 5.91 Å². The van der Waals surface area contributed by atoms with Crippen molar-refractivity contribution < 1.29 is 4.79 Å². The Morgan fingerprint density at radius 1 is 1.03 bits per heavy atom. The molecule has 3 heteroatoms. The second-order valence-corrected chi connectivity index (χ2v) is 10.7. The first kappa shape index (κ1) is 19.4. The van der Waals surface area contributed by atoms with Gasteiger partial charge in [-0.25, -0.2) is 0 Å². The van der Waals surface area contributed by atoms with Gasteiger partial charge in [-0.05, 0) is 74.7 Å². The summed E-state index contributed by atoms with van der Waals surface area (Å²) >= 11 is 0. The van der Waals surface area contributed by atoms with Crippen LogP contribution in [0.25, 0.3) is 0 Å². The highest BCUT2D eigenvalue weighted by atomic mass is 16.1. The fraction of sp³-hybridized carbons (Fsp3) is 0.654. The Labute approximate surface area is 175 Å². The molecule has 5 aliphatic rings. The molecule has 1 aromatic carbocycles. The summed E-state index contributed by atoms with van der Waals surface area (Å²) in [6.07, 6.45) is 14.5. The molecule has 29 heavy (non-hydrogen) atoms. The van der Waals surface area contributed by atoms with Crippen molar-refractivity contribution in [1.29, 1.82) is 0 Å². The van der Waals surface area contributed by atoms with Crippen LogP contribution in [0.4, 0.5) is 0 Å². The minimum atomic E-state index is -0.252. The third-order valence-corrected chi connectivity index (χ3v) is 9.42. The van der Waals surface area contributed by atoms with E-state index in [1.807, 2.05) is 0 Å². The van der Waals surface area contributed by atoms with E-state index in [2.05, 4.69) is 43.3 Å². The fourth-order valence-electron chi connectivity index (χ4n) is 8.34. The Morgan fingerprint density at radius 2 is 1.76 bits per heavy atom. The molecular weight excluding hydrogens is 356 g/mol. The predicted molar refractivity (Wildman–Crippen MR) is 117 cm³/mol. The first-order valence-electron chi connectivity index (χ1n) is 11.7. The fourth-order valence-corrected chi connectivity index (χ4v) is 8.34. The highest BCUT2D eigenvalue weighted by molar-refractivity contribution is 5.83. The number of carbonyl (C=O) groups is 1. The SMILES string of the molecule is C/C=C1/C2CC3(C(N)=O)CC4(c5ccccc5)CC1C4(C2)C3.NC1CCCCC1. The van der Waals surface area contributed by atoms with E-state index in [0.29, 0.717) is 23.3 Å². The van der Waals surface area contributed by atoms with Gasteiger partial charge in [-0.15, -0.1) is 0 Å². The zero-order valence-electron chi connectivity index (χ0n) is 17.8. The van der Waals surface area contributed by atoms with Gasteiger partial charge in [-0.3, -0.25) is 4.79 Å². The van der Waals surface area contributed by atoms with E-state index in [4.69, 9.17) is 11.5 Å². The third kappa shape index (κ3) is 2.55. The summed E-state index contributed by atoms with van der Waals surface area (Å²) in [4.78, 5) is 12.4. The van der Waals surface area contributed by atoms with Crippen LogP contribution in [0.15, 0.2) is 42.0 Å². The Balaban J connectivity index is 0.000000222. The molecule has 6 rings (SSSR count). The lowest BCUT2D eigenvalue weighted by Gasteiger charge is -2.59. The normalized spacial score (nSPS) is 43.4. The maximum absolute atomic E-state index is 12.4. The minimum absolute atomic E-state index is 0.0441. The number of amides is 1. The van der Waals surface area contributed by atoms with Crippen LogP contribution < -0.4 is 11.5 Å². The Kier molecular flexibility index (Phi) is 4.47. The molecule has 1 aromatic rings. The van der Waals surface area contributed by atoms with Crippen LogP contribution in [0.1, 0.15) is 76.7 Å². The zero-order chi connectivity index (χ0) is 20.3. The molecule has 5 saturated carbocycles. The zero-order valence-corrected chi connectivity index (χ0v) is 17.8. The van der Waals surface area contributed by atoms with Crippen LogP contribution in [-0.2, 0) is 10.2 Å². The maximum atomic E-state index is 12.4. The van der Waals surface area contributed by atoms with Gasteiger partial charge < -0.3 is 11.5 Å². The number of carbonyl (C=O) groups excluding carboxylic acids is 1. The Hall–Kier alpha value is -1.61. The number of fused-ring (bicyclic) bond motifs is 2. The monoisotopic (exact) mass is 392 g/mol. The van der Waals surface area contributed by atoms with Crippen LogP contribution in [-0.4, -0.2) is 11.9 Å². The van der Waals surface area contributed by atoms with Crippen LogP contribution >= 0.6 is 0 Å². The molecule has 5 aliphatic carbocycles. The topological polar surface area (TPSA) is 69.1 Å². The van der Waals surface area contributed by atoms with Gasteiger partial charge in [-0.1, -0.05) is 61.2 Å². The maximum Gasteiger partial charge on any atom is 0.223 e. The smallest absolute Gasteiger partial charge is 0.223 e. The summed E-state index contributed by atoms with van der Waals surface area (Å²) < 4.78 is 0. The minimum Gasteiger partial charge on any atom is -0.369 e. The van der Waals surface area contributed by atoms with Crippen molar-refractivity contribution in [2.45, 2.75) is 82.6 Å². The molecule has 5 unspecified atom stereocenters. The molecule has 5 atom stereocenters. The van der Waals surface area contributed by atoms with Gasteiger partial charge >= 0.3 is 0 Å². The van der Waals surface area contributed by atoms with Crippen LogP contribution in [0.3, 0.4) is 0 Å². The van der Waals surface area contributed by atoms with Crippen molar-refractivity contribution in [3.63, 3.8) is 0 Å². The summed E-state index contributed by atoms with van der Waals surface area (Å²) in [5.74, 6) is 1.26. The molecule has 156 valence electrons. The number of allylic oxidation sites excluding steroid dienone is 2. The van der Waals surface area contributed by atoms with Crippen molar-refractivity contribution in [3.8, 4) is 0 Å². The highest BCUT2D eigenvalue weighted by Gasteiger charge is 2.80. The van der Waals surface area contributed by atoms with Gasteiger partial charge in [0.2, 0.25) is 5.91 Å². The first-order valence-corrected chi connectivity index (χ1v) is 11.7. The average molecular weight is 393 g/mol. The molecule has 4 N–H and O–H groups in total. The van der Waals surface area contributed by atoms with E-state index in [1.165, 1.54) is 50.5 Å². The van der Waals surface area contributed by atoms with E-state index in [0.717, 1.165) is 19.3 Å². The van der Waals surface area contributed by atoms with Crippen molar-refractivity contribution in [2.75, 3.05) is 0 Å². The van der Waals surface area contributed by atoms with E-state index in [1.54, 1.807) is 5.57 Å². The number of rotatable bonds is 2. The molecule has 0 aromatic heterocycles. The lowest BCUT2D eigenvalue weighted by atomic mass is 9.44. The number of hydrogen-bond acceptors (Lipinski definition) is 2. The summed E-state index contributed by atoms with van der Waals surface area (Å²) in [7, 11) is 0. The molecule has 5 fully saturated rings. The largest absolute Gasteiger partial charge is 0.369 e. The lowest BCUT2D eigenvalue weighted by Crippen LogP contribution is -2.55. The highest BCUT2D eigenvalue weighted by Crippen LogP contribution is 2.85. The number of nitrogens with two attached hydrogens (primary N) is 2. The van der Waals surface area contributed by atoms with Crippen LogP contribution in [0, 0.1) is 22.7 Å². The molecule has 0 heterocycles. The van der Waals surface area contributed by atoms with Crippen molar-refractivity contribution in [3.05, 3.63) is 47.5 Å². The van der Waals surface area contributed by atoms with Crippen LogP contribution in [0.2, 0.25) is 0 Å². The Bertz CT molecular complexity index is 826. The molecule has 0 saturated heterocycles. The Morgan fingerprint density at radius 3 is 2.34 bits per heavy atom. The quantitative estimate of drug-likeness (QED) is 0.707. The molecule has 1 spiro atoms. The van der Waals surface area contributed by atoms with Crippen molar-refractivity contribution in [2.24, 2.45) is 34.1 Å². The van der Waals surface area contributed by atoms with Gasteiger partial charge in [0, 0.05) is 11.5 Å². The van der Waals surface area contributed by atoms with E-state index in [-0.39, 0.29) is 16.7 Å². The number of hydrogen-bond donors (Lipinski definition) is 2. The summed E-state index contributed by atoms with van der Waals surface area (Å²) in [6.45, 7) is 2.18. The van der Waals surface area contributed by atoms with Gasteiger partial charge in [0.15, 0.2) is 0 Å². The average Bonchev–Trinajstić information content (AvgIpc) is 3.01.